The van der Waals surface area contributed by atoms with Crippen LogP contribution in [-0.2, 0) is 0 Å². The fourth-order valence-electron chi connectivity index (χ4n) is 2.15. The van der Waals surface area contributed by atoms with Crippen LogP contribution in [0.15, 0.2) is 42.9 Å². The number of imidazole rings is 1. The maximum absolute atomic E-state index is 13.3. The molecule has 0 aliphatic rings. The lowest BCUT2D eigenvalue weighted by atomic mass is 10.1. The Bertz CT molecular complexity index is 830. The van der Waals surface area contributed by atoms with E-state index < -0.39 is 11.6 Å². The molecule has 0 aliphatic heterocycles. The van der Waals surface area contributed by atoms with Crippen LogP contribution in [0.3, 0.4) is 0 Å². The lowest BCUT2D eigenvalue weighted by Gasteiger charge is -2.10. The first kappa shape index (κ1) is 14.2. The first-order chi connectivity index (χ1) is 10.6. The maximum Gasteiger partial charge on any atom is 0.238 e. The molecule has 0 unspecified atom stereocenters. The number of benzene rings is 1. The number of hydrogen-bond donors (Lipinski definition) is 0. The molecule has 0 spiro atoms. The predicted molar refractivity (Wildman–Crippen MR) is 78.0 cm³/mol. The Morgan fingerprint density at radius 2 is 1.91 bits per heavy atom. The van der Waals surface area contributed by atoms with Gasteiger partial charge in [0.2, 0.25) is 5.88 Å². The zero-order valence-corrected chi connectivity index (χ0v) is 12.0. The summed E-state index contributed by atoms with van der Waals surface area (Å²) in [5.74, 6) is -1.42. The molecule has 22 heavy (non-hydrogen) atoms. The summed E-state index contributed by atoms with van der Waals surface area (Å²) in [5.41, 5.74) is 2.56. The van der Waals surface area contributed by atoms with Gasteiger partial charge in [-0.25, -0.2) is 18.7 Å². The van der Waals surface area contributed by atoms with Crippen molar-refractivity contribution in [2.24, 2.45) is 0 Å². The number of methoxy groups -OCH3 is 1. The maximum atomic E-state index is 13.3. The third-order valence-corrected chi connectivity index (χ3v) is 3.24. The van der Waals surface area contributed by atoms with Crippen LogP contribution in [0.25, 0.3) is 16.9 Å². The van der Waals surface area contributed by atoms with E-state index in [1.165, 1.54) is 13.2 Å². The van der Waals surface area contributed by atoms with E-state index in [1.54, 1.807) is 23.0 Å². The summed E-state index contributed by atoms with van der Waals surface area (Å²) in [4.78, 5) is 8.52. The van der Waals surface area contributed by atoms with Gasteiger partial charge in [0.1, 0.15) is 5.69 Å². The Hall–Kier alpha value is -2.76. The highest BCUT2D eigenvalue weighted by atomic mass is 19.2. The van der Waals surface area contributed by atoms with Crippen LogP contribution in [-0.4, -0.2) is 21.6 Å². The molecule has 1 aromatic carbocycles. The highest BCUT2D eigenvalue weighted by Gasteiger charge is 2.11. The third kappa shape index (κ3) is 2.55. The number of hydrogen-bond acceptors (Lipinski definition) is 3. The minimum absolute atomic E-state index is 0.375. The number of aromatic nitrogens is 3. The van der Waals surface area contributed by atoms with E-state index in [1.807, 2.05) is 13.1 Å². The predicted octanol–water partition coefficient (Wildman–Crippen LogP) is 3.53. The highest BCUT2D eigenvalue weighted by molar-refractivity contribution is 5.62. The highest BCUT2D eigenvalue weighted by Crippen LogP contribution is 2.26. The van der Waals surface area contributed by atoms with Gasteiger partial charge in [0.05, 0.1) is 24.8 Å². The Balaban J connectivity index is 2.06. The lowest BCUT2D eigenvalue weighted by molar-refractivity contribution is 0.396. The summed E-state index contributed by atoms with van der Waals surface area (Å²) >= 11 is 0. The van der Waals surface area contributed by atoms with Crippen molar-refractivity contribution < 1.29 is 13.5 Å². The molecular weight excluding hydrogens is 288 g/mol. The van der Waals surface area contributed by atoms with Crippen molar-refractivity contribution in [2.45, 2.75) is 6.92 Å². The van der Waals surface area contributed by atoms with E-state index in [0.29, 0.717) is 17.1 Å². The molecule has 0 aliphatic carbocycles. The van der Waals surface area contributed by atoms with Crippen molar-refractivity contribution in [1.29, 1.82) is 0 Å². The molecule has 3 aromatic rings. The Morgan fingerprint density at radius 3 is 2.55 bits per heavy atom. The first-order valence-electron chi connectivity index (χ1n) is 6.60. The number of aryl methyl sites for hydroxylation is 1. The summed E-state index contributed by atoms with van der Waals surface area (Å²) in [7, 11) is 1.50. The Labute approximate surface area is 126 Å². The van der Waals surface area contributed by atoms with Gasteiger partial charge < -0.3 is 9.30 Å². The molecule has 2 aromatic heterocycles. The Kier molecular flexibility index (Phi) is 3.58. The molecular formula is C16H13F2N3O. The summed E-state index contributed by atoms with van der Waals surface area (Å²) in [5, 5.41) is 0. The fourth-order valence-corrected chi connectivity index (χ4v) is 2.15. The number of nitrogens with zero attached hydrogens (tertiary/aromatic N) is 3. The summed E-state index contributed by atoms with van der Waals surface area (Å²) in [6.07, 6.45) is 3.50. The van der Waals surface area contributed by atoms with Crippen LogP contribution in [0.1, 0.15) is 5.69 Å². The van der Waals surface area contributed by atoms with E-state index in [9.17, 15) is 8.78 Å². The minimum Gasteiger partial charge on any atom is -0.479 e. The molecule has 4 nitrogen and oxygen atoms in total. The SMILES string of the molecule is COc1nc(-c2ccc(F)c(F)c2)ccc1-n1cnc(C)c1. The van der Waals surface area contributed by atoms with Crippen molar-refractivity contribution in [3.05, 3.63) is 60.2 Å². The summed E-state index contributed by atoms with van der Waals surface area (Å²) in [6.45, 7) is 1.88. The molecule has 0 radical (unpaired) electrons. The standard InChI is InChI=1S/C16H13F2N3O/c1-10-8-21(9-19-10)15-6-5-14(20-16(15)22-2)11-3-4-12(17)13(18)7-11/h3-9H,1-2H3. The lowest BCUT2D eigenvalue weighted by Crippen LogP contribution is -1.99. The van der Waals surface area contributed by atoms with Crippen molar-refractivity contribution in [1.82, 2.24) is 14.5 Å². The van der Waals surface area contributed by atoms with Crippen LogP contribution in [0.5, 0.6) is 5.88 Å². The van der Waals surface area contributed by atoms with E-state index in [-0.39, 0.29) is 0 Å². The largest absolute Gasteiger partial charge is 0.479 e. The quantitative estimate of drug-likeness (QED) is 0.743. The van der Waals surface area contributed by atoms with E-state index in [2.05, 4.69) is 9.97 Å². The average molecular weight is 301 g/mol. The number of pyridine rings is 1. The zero-order valence-electron chi connectivity index (χ0n) is 12.0. The van der Waals surface area contributed by atoms with Crippen LogP contribution < -0.4 is 4.74 Å². The second-order valence-corrected chi connectivity index (χ2v) is 4.78. The molecule has 0 saturated heterocycles. The van der Waals surface area contributed by atoms with Gasteiger partial charge in [-0.3, -0.25) is 0 Å². The molecule has 0 atom stereocenters. The number of ether oxygens (including phenoxy) is 1. The third-order valence-electron chi connectivity index (χ3n) is 3.24. The van der Waals surface area contributed by atoms with Crippen molar-refractivity contribution in [3.8, 4) is 22.8 Å². The second-order valence-electron chi connectivity index (χ2n) is 4.78. The first-order valence-corrected chi connectivity index (χ1v) is 6.60. The van der Waals surface area contributed by atoms with Gasteiger partial charge in [-0.2, -0.15) is 0 Å². The second kappa shape index (κ2) is 5.55. The molecule has 0 amide bonds. The zero-order chi connectivity index (χ0) is 15.7. The van der Waals surface area contributed by atoms with Gasteiger partial charge in [0.15, 0.2) is 11.6 Å². The monoisotopic (exact) mass is 301 g/mol. The molecule has 3 rings (SSSR count). The van der Waals surface area contributed by atoms with Gasteiger partial charge in [0.25, 0.3) is 0 Å². The van der Waals surface area contributed by atoms with Crippen LogP contribution in [0, 0.1) is 18.6 Å². The van der Waals surface area contributed by atoms with Crippen LogP contribution in [0.2, 0.25) is 0 Å². The molecule has 0 fully saturated rings. The van der Waals surface area contributed by atoms with Crippen molar-refractivity contribution in [3.63, 3.8) is 0 Å². The van der Waals surface area contributed by atoms with E-state index in [4.69, 9.17) is 4.74 Å². The summed E-state index contributed by atoms with van der Waals surface area (Å²) < 4.78 is 33.5. The topological polar surface area (TPSA) is 39.9 Å². The van der Waals surface area contributed by atoms with E-state index >= 15 is 0 Å². The van der Waals surface area contributed by atoms with Gasteiger partial charge in [-0.1, -0.05) is 0 Å². The molecule has 0 bridgehead atoms. The van der Waals surface area contributed by atoms with Gasteiger partial charge in [-0.15, -0.1) is 0 Å². The van der Waals surface area contributed by atoms with Gasteiger partial charge in [-0.05, 0) is 37.3 Å². The number of rotatable bonds is 3. The van der Waals surface area contributed by atoms with Crippen LogP contribution in [0.4, 0.5) is 8.78 Å². The van der Waals surface area contributed by atoms with Gasteiger partial charge in [0, 0.05) is 11.8 Å². The van der Waals surface area contributed by atoms with Gasteiger partial charge >= 0.3 is 0 Å². The van der Waals surface area contributed by atoms with Crippen LogP contribution >= 0.6 is 0 Å². The minimum atomic E-state index is -0.910. The molecule has 0 saturated carbocycles. The van der Waals surface area contributed by atoms with Crippen molar-refractivity contribution in [2.75, 3.05) is 7.11 Å². The van der Waals surface area contributed by atoms with E-state index in [0.717, 1.165) is 23.5 Å². The molecule has 112 valence electrons. The normalized spacial score (nSPS) is 10.7. The molecule has 6 heteroatoms. The summed E-state index contributed by atoms with van der Waals surface area (Å²) in [6, 6.07) is 7.18. The van der Waals surface area contributed by atoms with Crippen molar-refractivity contribution >= 4 is 0 Å². The molecule has 2 heterocycles. The smallest absolute Gasteiger partial charge is 0.238 e. The molecule has 0 N–H and O–H groups in total. The number of halogens is 2. The average Bonchev–Trinajstić information content (AvgIpc) is 2.95. The Morgan fingerprint density at radius 1 is 1.09 bits per heavy atom. The fraction of sp³-hybridized carbons (Fsp3) is 0.125.